The fraction of sp³-hybridized carbons (Fsp3) is 0.714. The molecule has 0 aromatic carbocycles. The Labute approximate surface area is 334 Å². The summed E-state index contributed by atoms with van der Waals surface area (Å²) in [4.78, 5) is 124. The molecule has 3 rings (SSSR count). The number of aliphatic hydroxyl groups is 2. The van der Waals surface area contributed by atoms with E-state index in [2.05, 4.69) is 42.2 Å². The number of hydrogen-bond acceptors (Lipinski definition) is 12. The molecule has 0 aromatic heterocycles. The summed E-state index contributed by atoms with van der Waals surface area (Å²) in [5.74, 6) is -8.99. The van der Waals surface area contributed by atoms with Crippen LogP contribution in [0.2, 0.25) is 0 Å². The van der Waals surface area contributed by atoms with Crippen molar-refractivity contribution < 1.29 is 58.5 Å². The van der Waals surface area contributed by atoms with Crippen LogP contribution in [0.4, 0.5) is 0 Å². The molecule has 0 bridgehead atoms. The molecule has 8 amide bonds. The summed E-state index contributed by atoms with van der Waals surface area (Å²) in [6.07, 6.45) is 4.25. The molecule has 2 saturated heterocycles. The molecule has 2 heterocycles. The number of carbonyl (C=O) groups is 9. The molecule has 7 atom stereocenters. The molecule has 0 unspecified atom stereocenters. The molecular formula is C35H57N11O12. The Morgan fingerprint density at radius 1 is 0.707 bits per heavy atom. The number of carbonyl (C=O) groups excluding carboxylic acids is 8. The number of nitrogens with one attached hydrogen (secondary N) is 7. The molecule has 1 aliphatic carbocycles. The number of amides is 8. The molecule has 23 heteroatoms. The van der Waals surface area contributed by atoms with Crippen LogP contribution in [-0.4, -0.2) is 155 Å². The summed E-state index contributed by atoms with van der Waals surface area (Å²) >= 11 is 0. The second-order valence-electron chi connectivity index (χ2n) is 14.7. The zero-order chi connectivity index (χ0) is 42.9. The molecule has 324 valence electrons. The molecule has 23 nitrogen and oxygen atoms in total. The minimum Gasteiger partial charge on any atom is -0.481 e. The molecule has 2 aliphatic heterocycles. The monoisotopic (exact) mass is 823 g/mol. The second kappa shape index (κ2) is 23.0. The second-order valence-corrected chi connectivity index (χ2v) is 14.7. The molecular weight excluding hydrogens is 766 g/mol. The van der Waals surface area contributed by atoms with Gasteiger partial charge in [0.1, 0.15) is 42.3 Å². The molecule has 0 aromatic rings. The van der Waals surface area contributed by atoms with E-state index in [1.807, 2.05) is 0 Å². The Morgan fingerprint density at radius 3 is 1.90 bits per heavy atom. The zero-order valence-corrected chi connectivity index (χ0v) is 32.5. The van der Waals surface area contributed by atoms with Gasteiger partial charge in [-0.3, -0.25) is 48.1 Å². The molecule has 14 N–H and O–H groups in total. The largest absolute Gasteiger partial charge is 0.481 e. The normalized spacial score (nSPS) is 28.0. The fourth-order valence-electron chi connectivity index (χ4n) is 7.05. The topological polar surface area (TPSA) is 366 Å². The quantitative estimate of drug-likeness (QED) is 0.0556. The summed E-state index contributed by atoms with van der Waals surface area (Å²) < 4.78 is 0. The highest BCUT2D eigenvalue weighted by Gasteiger charge is 2.40. The Morgan fingerprint density at radius 2 is 1.29 bits per heavy atom. The van der Waals surface area contributed by atoms with Crippen LogP contribution >= 0.6 is 0 Å². The first kappa shape index (κ1) is 46.8. The SMILES string of the molecule is C[C@@H]1NC(=O)[C@@H]2CCCN2C(=O)[C@H](CC2CCCCC2)NC(=O)[C@H](CC(=O)O)NC(=O)CNC(=O)[C@H](CCCN=C(N)N)NC(=O)[C@H](CO)NC(=O)[C@H](CO)NC1=O. The molecule has 0 radical (unpaired) electrons. The fourth-order valence-corrected chi connectivity index (χ4v) is 7.05. The van der Waals surface area contributed by atoms with Crippen molar-refractivity contribution in [2.75, 3.05) is 32.8 Å². The van der Waals surface area contributed by atoms with E-state index in [4.69, 9.17) is 11.5 Å². The predicted molar refractivity (Wildman–Crippen MR) is 203 cm³/mol. The number of fused-ring (bicyclic) bond motifs is 1. The van der Waals surface area contributed by atoms with Crippen LogP contribution in [0, 0.1) is 5.92 Å². The van der Waals surface area contributed by atoms with Crippen LogP contribution in [0.25, 0.3) is 0 Å². The van der Waals surface area contributed by atoms with Gasteiger partial charge in [-0.1, -0.05) is 32.1 Å². The van der Waals surface area contributed by atoms with E-state index in [0.29, 0.717) is 6.42 Å². The highest BCUT2D eigenvalue weighted by molar-refractivity contribution is 5.99. The lowest BCUT2D eigenvalue weighted by atomic mass is 9.84. The van der Waals surface area contributed by atoms with Gasteiger partial charge in [0.2, 0.25) is 47.3 Å². The maximum atomic E-state index is 14.2. The van der Waals surface area contributed by atoms with Gasteiger partial charge in [0.15, 0.2) is 5.96 Å². The average molecular weight is 824 g/mol. The van der Waals surface area contributed by atoms with Crippen molar-refractivity contribution in [1.82, 2.24) is 42.1 Å². The Hall–Kier alpha value is -5.58. The van der Waals surface area contributed by atoms with Gasteiger partial charge >= 0.3 is 5.97 Å². The van der Waals surface area contributed by atoms with Gasteiger partial charge in [0.05, 0.1) is 26.2 Å². The Kier molecular flexibility index (Phi) is 18.5. The third kappa shape index (κ3) is 14.4. The summed E-state index contributed by atoms with van der Waals surface area (Å²) in [7, 11) is 0. The molecule has 1 saturated carbocycles. The minimum atomic E-state index is -1.71. The van der Waals surface area contributed by atoms with Crippen LogP contribution in [0.3, 0.4) is 0 Å². The summed E-state index contributed by atoms with van der Waals surface area (Å²) in [5.41, 5.74) is 10.7. The highest BCUT2D eigenvalue weighted by atomic mass is 16.4. The number of aliphatic carboxylic acids is 1. The van der Waals surface area contributed by atoms with Crippen LogP contribution < -0.4 is 48.7 Å². The van der Waals surface area contributed by atoms with Gasteiger partial charge in [0.25, 0.3) is 0 Å². The lowest BCUT2D eigenvalue weighted by Gasteiger charge is -2.32. The molecule has 0 spiro atoms. The third-order valence-electron chi connectivity index (χ3n) is 10.2. The van der Waals surface area contributed by atoms with Crippen molar-refractivity contribution >= 4 is 59.2 Å². The number of guanidine groups is 1. The molecule has 3 fully saturated rings. The van der Waals surface area contributed by atoms with Gasteiger partial charge in [-0.2, -0.15) is 0 Å². The van der Waals surface area contributed by atoms with Gasteiger partial charge in [-0.15, -0.1) is 0 Å². The smallest absolute Gasteiger partial charge is 0.305 e. The maximum absolute atomic E-state index is 14.2. The van der Waals surface area contributed by atoms with E-state index in [1.165, 1.54) is 11.8 Å². The van der Waals surface area contributed by atoms with Gasteiger partial charge < -0.3 is 68.9 Å². The Balaban J connectivity index is 1.97. The standard InChI is InChI=1S/C35H57N11O12/c1-18-28(52)44-23(16-47)32(56)45-24(17-48)31(55)42-20(9-5-11-38-35(36)37)29(53)39-15-26(49)41-21(14-27(50)51)30(54)43-22(13-19-7-3-2-4-8-19)34(58)46-12-6-10-25(46)33(57)40-18/h18-25,47-48H,2-17H2,1H3,(H,39,53)(H,40,57)(H,41,49)(H,42,55)(H,43,54)(H,44,52)(H,45,56)(H,50,51)(H4,36,37,38)/t18-,20-,21-,22-,23-,24-,25-/m0/s1. The lowest BCUT2D eigenvalue weighted by molar-refractivity contribution is -0.144. The van der Waals surface area contributed by atoms with E-state index in [9.17, 15) is 58.5 Å². The van der Waals surface area contributed by atoms with E-state index in [1.54, 1.807) is 0 Å². The number of carboxylic acid groups (broad SMARTS) is 1. The lowest BCUT2D eigenvalue weighted by Crippen LogP contribution is -2.61. The summed E-state index contributed by atoms with van der Waals surface area (Å²) in [5, 5.41) is 46.0. The number of nitrogens with two attached hydrogens (primary N) is 2. The third-order valence-corrected chi connectivity index (χ3v) is 10.2. The van der Waals surface area contributed by atoms with Gasteiger partial charge in [0, 0.05) is 13.1 Å². The van der Waals surface area contributed by atoms with E-state index < -0.39 is 122 Å². The van der Waals surface area contributed by atoms with E-state index >= 15 is 0 Å². The van der Waals surface area contributed by atoms with Crippen molar-refractivity contribution in [2.45, 2.75) is 120 Å². The van der Waals surface area contributed by atoms with Crippen LogP contribution in [-0.2, 0) is 43.2 Å². The number of aliphatic hydroxyl groups excluding tert-OH is 2. The van der Waals surface area contributed by atoms with Crippen molar-refractivity contribution in [3.05, 3.63) is 0 Å². The van der Waals surface area contributed by atoms with Gasteiger partial charge in [-0.25, -0.2) is 0 Å². The first-order valence-electron chi connectivity index (χ1n) is 19.4. The number of carboxylic acids is 1. The maximum Gasteiger partial charge on any atom is 0.305 e. The number of rotatable bonds is 10. The van der Waals surface area contributed by atoms with E-state index in [0.717, 1.165) is 32.1 Å². The summed E-state index contributed by atoms with van der Waals surface area (Å²) in [6, 6.07) is -10.0. The van der Waals surface area contributed by atoms with Crippen LogP contribution in [0.15, 0.2) is 4.99 Å². The predicted octanol–water partition coefficient (Wildman–Crippen LogP) is -5.48. The average Bonchev–Trinajstić information content (AvgIpc) is 3.68. The van der Waals surface area contributed by atoms with Crippen molar-refractivity contribution in [2.24, 2.45) is 22.4 Å². The number of aliphatic imine (C=N–C) groups is 1. The van der Waals surface area contributed by atoms with Crippen molar-refractivity contribution in [1.29, 1.82) is 0 Å². The van der Waals surface area contributed by atoms with Crippen molar-refractivity contribution in [3.8, 4) is 0 Å². The van der Waals surface area contributed by atoms with Crippen LogP contribution in [0.1, 0.15) is 77.6 Å². The number of nitrogens with zero attached hydrogens (tertiary/aromatic N) is 2. The molecule has 3 aliphatic rings. The first-order chi connectivity index (χ1) is 27.5. The van der Waals surface area contributed by atoms with Crippen LogP contribution in [0.5, 0.6) is 0 Å². The Bertz CT molecular complexity index is 1550. The first-order valence-corrected chi connectivity index (χ1v) is 19.4. The minimum absolute atomic E-state index is 0.0217. The van der Waals surface area contributed by atoms with E-state index in [-0.39, 0.29) is 50.7 Å². The zero-order valence-electron chi connectivity index (χ0n) is 32.5. The number of hydrogen-bond donors (Lipinski definition) is 12. The van der Waals surface area contributed by atoms with Crippen molar-refractivity contribution in [3.63, 3.8) is 0 Å². The molecule has 58 heavy (non-hydrogen) atoms. The summed E-state index contributed by atoms with van der Waals surface area (Å²) in [6.45, 7) is -1.29. The van der Waals surface area contributed by atoms with Gasteiger partial charge in [-0.05, 0) is 44.9 Å². The highest BCUT2D eigenvalue weighted by Crippen LogP contribution is 2.29.